The Balaban J connectivity index is 2.01. The third-order valence-electron chi connectivity index (χ3n) is 4.35. The van der Waals surface area contributed by atoms with Crippen LogP contribution < -0.4 is 10.6 Å². The van der Waals surface area contributed by atoms with Crippen molar-refractivity contribution in [3.8, 4) is 0 Å². The van der Waals surface area contributed by atoms with Crippen LogP contribution in [0, 0.1) is 17.0 Å². The van der Waals surface area contributed by atoms with Crippen molar-refractivity contribution in [2.75, 3.05) is 5.32 Å². The number of rotatable bonds is 7. The van der Waals surface area contributed by atoms with Crippen LogP contribution in [-0.4, -0.2) is 34.0 Å². The summed E-state index contributed by atoms with van der Waals surface area (Å²) in [4.78, 5) is 34.1. The molecule has 1 aliphatic rings. The van der Waals surface area contributed by atoms with Crippen molar-refractivity contribution < 1.29 is 19.6 Å². The molecular formula is C17H23N3O5. The van der Waals surface area contributed by atoms with E-state index in [0.717, 1.165) is 32.1 Å². The Bertz CT molecular complexity index is 656. The van der Waals surface area contributed by atoms with Gasteiger partial charge < -0.3 is 15.7 Å². The van der Waals surface area contributed by atoms with Gasteiger partial charge in [-0.2, -0.15) is 0 Å². The van der Waals surface area contributed by atoms with E-state index in [0.29, 0.717) is 5.56 Å². The van der Waals surface area contributed by atoms with Crippen LogP contribution in [0.3, 0.4) is 0 Å². The first-order chi connectivity index (χ1) is 11.9. The summed E-state index contributed by atoms with van der Waals surface area (Å²) in [7, 11) is 0. The minimum atomic E-state index is -1.10. The van der Waals surface area contributed by atoms with E-state index in [4.69, 9.17) is 0 Å². The van der Waals surface area contributed by atoms with Crippen molar-refractivity contribution in [2.24, 2.45) is 0 Å². The fraction of sp³-hybridized carbons (Fsp3) is 0.529. The summed E-state index contributed by atoms with van der Waals surface area (Å²) in [5, 5.41) is 25.9. The number of anilines is 1. The second-order valence-corrected chi connectivity index (χ2v) is 6.42. The zero-order chi connectivity index (χ0) is 18.4. The third kappa shape index (κ3) is 5.53. The summed E-state index contributed by atoms with van der Waals surface area (Å²) in [6.45, 7) is 1.72. The molecule has 0 aromatic heterocycles. The molecule has 1 unspecified atom stereocenters. The highest BCUT2D eigenvalue weighted by Gasteiger charge is 2.26. The van der Waals surface area contributed by atoms with E-state index >= 15 is 0 Å². The number of aryl methyl sites for hydroxylation is 1. The molecule has 0 spiro atoms. The summed E-state index contributed by atoms with van der Waals surface area (Å²) in [6, 6.07) is 3.56. The van der Waals surface area contributed by atoms with E-state index in [1.54, 1.807) is 13.0 Å². The molecule has 0 heterocycles. The maximum absolute atomic E-state index is 12.2. The normalized spacial score (nSPS) is 16.2. The maximum Gasteiger partial charge on any atom is 0.321 e. The first-order valence-electron chi connectivity index (χ1n) is 8.40. The quantitative estimate of drug-likeness (QED) is 0.514. The number of amides is 1. The van der Waals surface area contributed by atoms with Crippen LogP contribution in [0.2, 0.25) is 0 Å². The highest BCUT2D eigenvalue weighted by molar-refractivity contribution is 5.95. The number of benzene rings is 1. The predicted octanol–water partition coefficient (Wildman–Crippen LogP) is 2.61. The topological polar surface area (TPSA) is 122 Å². The molecule has 1 fully saturated rings. The molecule has 136 valence electrons. The number of nitrogens with one attached hydrogen (secondary N) is 2. The van der Waals surface area contributed by atoms with Crippen molar-refractivity contribution >= 4 is 23.3 Å². The van der Waals surface area contributed by atoms with Crippen LogP contribution in [-0.2, 0) is 9.59 Å². The molecule has 1 saturated carbocycles. The highest BCUT2D eigenvalue weighted by Crippen LogP contribution is 2.25. The number of carboxylic acids is 1. The van der Waals surface area contributed by atoms with Gasteiger partial charge in [-0.15, -0.1) is 0 Å². The number of carbonyl (C=O) groups excluding carboxylic acids is 1. The summed E-state index contributed by atoms with van der Waals surface area (Å²) >= 11 is 0. The lowest BCUT2D eigenvalue weighted by Crippen LogP contribution is -2.46. The van der Waals surface area contributed by atoms with E-state index in [2.05, 4.69) is 10.6 Å². The van der Waals surface area contributed by atoms with Crippen LogP contribution in [0.15, 0.2) is 18.2 Å². The zero-order valence-corrected chi connectivity index (χ0v) is 14.2. The SMILES string of the molecule is Cc1ccc(NC(=O)CC(NC2CCCCC2)C(=O)O)c([N+](=O)[O-])c1. The van der Waals surface area contributed by atoms with Gasteiger partial charge in [0.25, 0.3) is 5.69 Å². The Kier molecular flexibility index (Phi) is 6.46. The van der Waals surface area contributed by atoms with Crippen LogP contribution in [0.5, 0.6) is 0 Å². The lowest BCUT2D eigenvalue weighted by molar-refractivity contribution is -0.384. The number of carbonyl (C=O) groups is 2. The molecule has 0 bridgehead atoms. The van der Waals surface area contributed by atoms with Crippen molar-refractivity contribution in [2.45, 2.75) is 57.5 Å². The van der Waals surface area contributed by atoms with Crippen molar-refractivity contribution in [1.29, 1.82) is 0 Å². The van der Waals surface area contributed by atoms with Crippen LogP contribution in [0.4, 0.5) is 11.4 Å². The lowest BCUT2D eigenvalue weighted by atomic mass is 9.94. The maximum atomic E-state index is 12.2. The monoisotopic (exact) mass is 349 g/mol. The van der Waals surface area contributed by atoms with Gasteiger partial charge in [-0.3, -0.25) is 19.7 Å². The van der Waals surface area contributed by atoms with Crippen molar-refractivity contribution in [1.82, 2.24) is 5.32 Å². The molecule has 1 atom stereocenters. The number of hydrogen-bond donors (Lipinski definition) is 3. The van der Waals surface area contributed by atoms with Crippen molar-refractivity contribution in [3.05, 3.63) is 33.9 Å². The number of aliphatic carboxylic acids is 1. The van der Waals surface area contributed by atoms with Gasteiger partial charge in [-0.25, -0.2) is 0 Å². The molecule has 8 heteroatoms. The average Bonchev–Trinajstić information content (AvgIpc) is 2.56. The summed E-state index contributed by atoms with van der Waals surface area (Å²) in [5.74, 6) is -1.67. The number of hydrogen-bond acceptors (Lipinski definition) is 5. The second kappa shape index (κ2) is 8.57. The number of carboxylic acid groups (broad SMARTS) is 1. The molecule has 0 aliphatic heterocycles. The van der Waals surface area contributed by atoms with Gasteiger partial charge >= 0.3 is 5.97 Å². The van der Waals surface area contributed by atoms with Crippen LogP contribution in [0.1, 0.15) is 44.1 Å². The standard InChI is InChI=1S/C17H23N3O5/c1-11-7-8-13(15(9-11)20(24)25)19-16(21)10-14(17(22)23)18-12-5-3-2-4-6-12/h7-9,12,14,18H,2-6,10H2,1H3,(H,19,21)(H,22,23). The Morgan fingerprint density at radius 2 is 2.00 bits per heavy atom. The molecular weight excluding hydrogens is 326 g/mol. The first-order valence-corrected chi connectivity index (χ1v) is 8.40. The van der Waals surface area contributed by atoms with E-state index in [-0.39, 0.29) is 23.8 Å². The number of nitro groups is 1. The molecule has 25 heavy (non-hydrogen) atoms. The molecule has 0 radical (unpaired) electrons. The molecule has 0 saturated heterocycles. The molecule has 1 aliphatic carbocycles. The minimum Gasteiger partial charge on any atom is -0.480 e. The molecule has 3 N–H and O–H groups in total. The lowest BCUT2D eigenvalue weighted by Gasteiger charge is -2.26. The minimum absolute atomic E-state index is 0.0717. The van der Waals surface area contributed by atoms with Gasteiger partial charge in [0.2, 0.25) is 5.91 Å². The largest absolute Gasteiger partial charge is 0.480 e. The average molecular weight is 349 g/mol. The fourth-order valence-corrected chi connectivity index (χ4v) is 3.06. The molecule has 1 aromatic rings. The molecule has 8 nitrogen and oxygen atoms in total. The Labute approximate surface area is 145 Å². The fourth-order valence-electron chi connectivity index (χ4n) is 3.06. The van der Waals surface area contributed by atoms with Gasteiger partial charge in [0, 0.05) is 12.1 Å². The summed E-state index contributed by atoms with van der Waals surface area (Å²) in [6.07, 6.45) is 4.76. The van der Waals surface area contributed by atoms with Gasteiger partial charge in [0.15, 0.2) is 0 Å². The highest BCUT2D eigenvalue weighted by atomic mass is 16.6. The van der Waals surface area contributed by atoms with Gasteiger partial charge in [-0.05, 0) is 31.4 Å². The summed E-state index contributed by atoms with van der Waals surface area (Å²) in [5.41, 5.74) is 0.565. The van der Waals surface area contributed by atoms with E-state index in [9.17, 15) is 24.8 Å². The third-order valence-corrected chi connectivity index (χ3v) is 4.35. The molecule has 2 rings (SSSR count). The zero-order valence-electron chi connectivity index (χ0n) is 14.2. The van der Waals surface area contributed by atoms with Gasteiger partial charge in [0.05, 0.1) is 11.3 Å². The van der Waals surface area contributed by atoms with Crippen LogP contribution >= 0.6 is 0 Å². The Hall–Kier alpha value is -2.48. The van der Waals surface area contributed by atoms with E-state index < -0.39 is 22.8 Å². The Morgan fingerprint density at radius 3 is 2.60 bits per heavy atom. The predicted molar refractivity (Wildman–Crippen MR) is 92.5 cm³/mol. The second-order valence-electron chi connectivity index (χ2n) is 6.42. The van der Waals surface area contributed by atoms with E-state index in [1.165, 1.54) is 12.1 Å². The number of nitrogens with zero attached hydrogens (tertiary/aromatic N) is 1. The molecule has 1 amide bonds. The van der Waals surface area contributed by atoms with E-state index in [1.807, 2.05) is 0 Å². The summed E-state index contributed by atoms with van der Waals surface area (Å²) < 4.78 is 0. The smallest absolute Gasteiger partial charge is 0.321 e. The Morgan fingerprint density at radius 1 is 1.32 bits per heavy atom. The van der Waals surface area contributed by atoms with Gasteiger partial charge in [0.1, 0.15) is 11.7 Å². The first kappa shape index (κ1) is 18.9. The molecule has 1 aromatic carbocycles. The number of nitro benzene ring substituents is 1. The van der Waals surface area contributed by atoms with Crippen molar-refractivity contribution in [3.63, 3.8) is 0 Å². The van der Waals surface area contributed by atoms with Gasteiger partial charge in [-0.1, -0.05) is 25.3 Å². The van der Waals surface area contributed by atoms with Crippen LogP contribution in [0.25, 0.3) is 0 Å².